The molecule has 5 atom stereocenters. The lowest BCUT2D eigenvalue weighted by Gasteiger charge is -2.46. The third-order valence-corrected chi connectivity index (χ3v) is 9.60. The molecular formula is C31H47N5O5. The van der Waals surface area contributed by atoms with E-state index in [4.69, 9.17) is 14.5 Å². The van der Waals surface area contributed by atoms with E-state index >= 15 is 0 Å². The second-order valence-electron chi connectivity index (χ2n) is 13.6. The van der Waals surface area contributed by atoms with Crippen LogP contribution in [0.25, 0.3) is 0 Å². The van der Waals surface area contributed by atoms with Crippen molar-refractivity contribution in [3.8, 4) is 5.88 Å². The van der Waals surface area contributed by atoms with Crippen LogP contribution in [0.3, 0.4) is 0 Å². The predicted octanol–water partition coefficient (Wildman–Crippen LogP) is 4.33. The monoisotopic (exact) mass is 569 g/mol. The Morgan fingerprint density at radius 1 is 1.12 bits per heavy atom. The minimum Gasteiger partial charge on any atom is -0.476 e. The average molecular weight is 570 g/mol. The number of likely N-dealkylation sites (N-methyl/N-ethyl adjacent to an activating group) is 1. The Morgan fingerprint density at radius 2 is 1.90 bits per heavy atom. The summed E-state index contributed by atoms with van der Waals surface area (Å²) in [6, 6.07) is 2.15. The summed E-state index contributed by atoms with van der Waals surface area (Å²) in [5.41, 5.74) is -0.425. The molecule has 1 amide bonds. The average Bonchev–Trinajstić information content (AvgIpc) is 3.58. The van der Waals surface area contributed by atoms with Crippen LogP contribution in [-0.4, -0.2) is 93.5 Å². The number of hydrogen-bond donors (Lipinski definition) is 2. The molecule has 2 N–H and O–H groups in total. The van der Waals surface area contributed by atoms with E-state index in [2.05, 4.69) is 16.9 Å². The van der Waals surface area contributed by atoms with E-state index in [-0.39, 0.29) is 29.3 Å². The van der Waals surface area contributed by atoms with Gasteiger partial charge in [-0.15, -0.1) is 0 Å². The number of hydrogen-bond acceptors (Lipinski definition) is 9. The van der Waals surface area contributed by atoms with Crippen LogP contribution in [-0.2, 0) is 9.53 Å². The van der Waals surface area contributed by atoms with Crippen LogP contribution >= 0.6 is 0 Å². The molecule has 2 saturated carbocycles. The molecule has 2 saturated heterocycles. The number of carbonyl (C=O) groups is 2. The minimum absolute atomic E-state index is 0.0453. The van der Waals surface area contributed by atoms with E-state index in [9.17, 15) is 20.1 Å². The van der Waals surface area contributed by atoms with Gasteiger partial charge in [0.05, 0.1) is 22.9 Å². The fraction of sp³-hybridized carbons (Fsp3) is 0.774. The van der Waals surface area contributed by atoms with Crippen molar-refractivity contribution in [3.63, 3.8) is 0 Å². The number of rotatable bonds is 6. The van der Waals surface area contributed by atoms with Gasteiger partial charge in [-0.3, -0.25) is 4.79 Å². The van der Waals surface area contributed by atoms with Crippen LogP contribution in [0, 0.1) is 16.7 Å². The van der Waals surface area contributed by atoms with Gasteiger partial charge in [-0.2, -0.15) is 4.98 Å². The molecule has 0 radical (unpaired) electrons. The van der Waals surface area contributed by atoms with Gasteiger partial charge in [-0.05, 0) is 79.3 Å². The van der Waals surface area contributed by atoms with Gasteiger partial charge >= 0.3 is 6.09 Å². The largest absolute Gasteiger partial charge is 0.476 e. The maximum absolute atomic E-state index is 13.1. The van der Waals surface area contributed by atoms with E-state index in [1.165, 1.54) is 0 Å². The number of nitrogens with one attached hydrogen (secondary N) is 1. The van der Waals surface area contributed by atoms with Crippen LogP contribution < -0.4 is 4.74 Å². The zero-order chi connectivity index (χ0) is 29.4. The number of aliphatic hydroxyl groups excluding tert-OH is 1. The van der Waals surface area contributed by atoms with E-state index in [1.807, 2.05) is 26.8 Å². The van der Waals surface area contributed by atoms with Crippen molar-refractivity contribution in [2.24, 2.45) is 11.3 Å². The normalized spacial score (nSPS) is 31.0. The first-order valence-electron chi connectivity index (χ1n) is 15.5. The maximum Gasteiger partial charge on any atom is 0.410 e. The van der Waals surface area contributed by atoms with Gasteiger partial charge in [0.1, 0.15) is 18.0 Å². The Labute approximate surface area is 243 Å². The predicted molar refractivity (Wildman–Crippen MR) is 154 cm³/mol. The zero-order valence-electron chi connectivity index (χ0n) is 25.2. The number of aromatic nitrogens is 2. The molecular weight excluding hydrogens is 522 g/mol. The molecule has 1 unspecified atom stereocenters. The molecule has 1 spiro atoms. The Hall–Kier alpha value is -2.59. The summed E-state index contributed by atoms with van der Waals surface area (Å²) in [5.74, 6) is 0.256. The molecule has 0 bridgehead atoms. The molecule has 10 heteroatoms. The van der Waals surface area contributed by atoms with Gasteiger partial charge in [0.15, 0.2) is 5.82 Å². The van der Waals surface area contributed by atoms with Gasteiger partial charge in [0.25, 0.3) is 0 Å². The van der Waals surface area contributed by atoms with Crippen LogP contribution in [0.4, 0.5) is 4.79 Å². The van der Waals surface area contributed by atoms with Crippen LogP contribution in [0.1, 0.15) is 102 Å². The molecule has 0 aromatic carbocycles. The number of ketones is 1. The number of amides is 1. The van der Waals surface area contributed by atoms with Gasteiger partial charge in [-0.25, -0.2) is 9.78 Å². The van der Waals surface area contributed by atoms with Crippen LogP contribution in [0.5, 0.6) is 5.88 Å². The highest BCUT2D eigenvalue weighted by molar-refractivity contribution is 5.98. The third kappa shape index (κ3) is 6.43. The highest BCUT2D eigenvalue weighted by atomic mass is 16.6. The van der Waals surface area contributed by atoms with E-state index in [0.717, 1.165) is 50.8 Å². The van der Waals surface area contributed by atoms with Crippen molar-refractivity contribution in [3.05, 3.63) is 17.6 Å². The lowest BCUT2D eigenvalue weighted by molar-refractivity contribution is -0.145. The van der Waals surface area contributed by atoms with Gasteiger partial charge in [-0.1, -0.05) is 12.8 Å². The summed E-state index contributed by atoms with van der Waals surface area (Å²) in [7, 11) is 2.10. The number of aliphatic hydroxyl groups is 1. The molecule has 1 aromatic heterocycles. The molecule has 2 aliphatic heterocycles. The Bertz CT molecular complexity index is 1150. The van der Waals surface area contributed by atoms with E-state index < -0.39 is 23.0 Å². The smallest absolute Gasteiger partial charge is 0.410 e. The molecule has 2 aliphatic carbocycles. The van der Waals surface area contributed by atoms with Crippen molar-refractivity contribution < 1.29 is 24.2 Å². The molecule has 3 heterocycles. The molecule has 41 heavy (non-hydrogen) atoms. The van der Waals surface area contributed by atoms with Crippen molar-refractivity contribution in [1.29, 1.82) is 5.41 Å². The Balaban J connectivity index is 1.39. The second-order valence-corrected chi connectivity index (χ2v) is 13.6. The summed E-state index contributed by atoms with van der Waals surface area (Å²) in [4.78, 5) is 39.3. The first kappa shape index (κ1) is 29.9. The lowest BCUT2D eigenvalue weighted by Crippen LogP contribution is -2.52. The molecule has 1 aromatic rings. The van der Waals surface area contributed by atoms with Crippen LogP contribution in [0.2, 0.25) is 0 Å². The number of nitrogens with zero attached hydrogens (tertiary/aromatic N) is 4. The number of carbonyl (C=O) groups excluding carboxylic acids is 2. The lowest BCUT2D eigenvalue weighted by atomic mass is 9.59. The fourth-order valence-corrected chi connectivity index (χ4v) is 7.20. The van der Waals surface area contributed by atoms with Gasteiger partial charge < -0.3 is 29.8 Å². The molecule has 4 fully saturated rings. The summed E-state index contributed by atoms with van der Waals surface area (Å²) in [6.07, 6.45) is 6.77. The first-order chi connectivity index (χ1) is 19.5. The van der Waals surface area contributed by atoms with Crippen LogP contribution in [0.15, 0.2) is 6.07 Å². The summed E-state index contributed by atoms with van der Waals surface area (Å²) in [5, 5.41) is 20.7. The quantitative estimate of drug-likeness (QED) is 0.485. The van der Waals surface area contributed by atoms with Gasteiger partial charge in [0, 0.05) is 43.5 Å². The minimum atomic E-state index is -0.908. The summed E-state index contributed by atoms with van der Waals surface area (Å²) in [6.45, 7) is 8.14. The highest BCUT2D eigenvalue weighted by Gasteiger charge is 2.51. The van der Waals surface area contributed by atoms with Crippen molar-refractivity contribution in [2.45, 2.75) is 109 Å². The topological polar surface area (TPSA) is 129 Å². The number of ether oxygens (including phenoxy) is 2. The van der Waals surface area contributed by atoms with Crippen molar-refractivity contribution in [2.75, 3.05) is 33.3 Å². The molecule has 5 rings (SSSR count). The third-order valence-electron chi connectivity index (χ3n) is 9.60. The molecule has 226 valence electrons. The molecule has 4 aliphatic rings. The maximum atomic E-state index is 13.1. The second kappa shape index (κ2) is 12.0. The van der Waals surface area contributed by atoms with Crippen molar-refractivity contribution >= 4 is 17.6 Å². The first-order valence-corrected chi connectivity index (χ1v) is 15.5. The van der Waals surface area contributed by atoms with E-state index in [1.54, 1.807) is 4.90 Å². The SMILES string of the molecule is CN1CCC[C@H]1COc1cc([C@H]2CCN(C(=O)OC(C)(C)C)C2)nc(C(=N)C2CCC[C@@]3(CCCCC3=O)[C@@H]2O)n1. The standard InChI is InChI=1S/C31H47N5O5/c1-30(2,3)41-29(39)36-16-12-20(18-36)23-17-25(40-19-21-9-8-15-35(21)4)34-28(33-23)26(32)22-10-7-14-31(27(22)38)13-6-5-11-24(31)37/h17,20-22,27,32,38H,5-16,18-19H2,1-4H3/t20-,21-,22?,27+,31+/m0/s1. The summed E-state index contributed by atoms with van der Waals surface area (Å²) >= 11 is 0. The Kier molecular flexibility index (Phi) is 8.71. The fourth-order valence-electron chi connectivity index (χ4n) is 7.20. The number of Topliss-reactive ketones (excluding diaryl/α,β-unsaturated/α-hetero) is 1. The number of likely N-dealkylation sites (tertiary alicyclic amines) is 2. The molecule has 10 nitrogen and oxygen atoms in total. The zero-order valence-corrected chi connectivity index (χ0v) is 25.2. The van der Waals surface area contributed by atoms with Gasteiger partial charge in [0.2, 0.25) is 5.88 Å². The highest BCUT2D eigenvalue weighted by Crippen LogP contribution is 2.48. The Morgan fingerprint density at radius 3 is 2.61 bits per heavy atom. The van der Waals surface area contributed by atoms with Crippen molar-refractivity contribution in [1.82, 2.24) is 19.8 Å². The van der Waals surface area contributed by atoms with E-state index in [0.29, 0.717) is 57.3 Å². The summed E-state index contributed by atoms with van der Waals surface area (Å²) < 4.78 is 11.8.